The van der Waals surface area contributed by atoms with Crippen molar-refractivity contribution >= 4 is 23.8 Å². The van der Waals surface area contributed by atoms with Crippen LogP contribution in [0.25, 0.3) is 0 Å². The average Bonchev–Trinajstić information content (AvgIpc) is 2.78. The summed E-state index contributed by atoms with van der Waals surface area (Å²) in [5, 5.41) is 64.5. The van der Waals surface area contributed by atoms with Crippen molar-refractivity contribution in [2.75, 3.05) is 26.4 Å². The summed E-state index contributed by atoms with van der Waals surface area (Å²) >= 11 is 0. The minimum absolute atomic E-state index is 0.501. The molecular formula is C20H32N2O15. The normalized spacial score (nSPS) is 35.9. The van der Waals surface area contributed by atoms with Crippen molar-refractivity contribution in [1.82, 2.24) is 10.6 Å². The van der Waals surface area contributed by atoms with E-state index in [1.54, 1.807) is 0 Å². The van der Waals surface area contributed by atoms with Crippen LogP contribution in [-0.2, 0) is 42.9 Å². The topological polar surface area (TPSA) is 260 Å². The number of aliphatic carboxylic acids is 2. The van der Waals surface area contributed by atoms with Crippen LogP contribution < -0.4 is 10.6 Å². The van der Waals surface area contributed by atoms with Crippen molar-refractivity contribution in [2.45, 2.75) is 75.1 Å². The standard InChI is InChI=1S/C20H32N2O15/c1-7(23)21-13-17(31)18(10(35-19(13)32)4-34-6-12(27)28)37-20-14(22-8(2)24)16(30)15(29)9(36-20)3-33-5-11(25)26/h9-10,13-20,29-32H,3-6H2,1-2H3,(H,21,23)(H,22,24)(H,25,26)(H,27,28)/t9-,10-,13-,14-,15-,16-,17-,18-,19-,20+/m1/s1. The zero-order chi connectivity index (χ0) is 27.9. The van der Waals surface area contributed by atoms with E-state index in [-0.39, 0.29) is 0 Å². The molecule has 0 unspecified atom stereocenters. The number of amides is 2. The Kier molecular flexibility index (Phi) is 11.5. The number of aliphatic hydroxyl groups is 4. The lowest BCUT2D eigenvalue weighted by Crippen LogP contribution is -2.69. The second kappa shape index (κ2) is 13.9. The monoisotopic (exact) mass is 540 g/mol. The first-order chi connectivity index (χ1) is 17.3. The van der Waals surface area contributed by atoms with E-state index in [0.717, 1.165) is 13.8 Å². The molecule has 0 aromatic carbocycles. The van der Waals surface area contributed by atoms with Crippen LogP contribution in [0.5, 0.6) is 0 Å². The van der Waals surface area contributed by atoms with Crippen molar-refractivity contribution in [3.05, 3.63) is 0 Å². The van der Waals surface area contributed by atoms with Crippen molar-refractivity contribution in [3.63, 3.8) is 0 Å². The molecule has 17 nitrogen and oxygen atoms in total. The molecule has 0 bridgehead atoms. The van der Waals surface area contributed by atoms with E-state index in [0.29, 0.717) is 0 Å². The number of ether oxygens (including phenoxy) is 5. The Morgan fingerprint density at radius 2 is 1.24 bits per heavy atom. The summed E-state index contributed by atoms with van der Waals surface area (Å²) in [7, 11) is 0. The highest BCUT2D eigenvalue weighted by Gasteiger charge is 2.51. The lowest BCUT2D eigenvalue weighted by molar-refractivity contribution is -0.329. The van der Waals surface area contributed by atoms with Gasteiger partial charge in [0.15, 0.2) is 12.6 Å². The summed E-state index contributed by atoms with van der Waals surface area (Å²) in [6.07, 6.45) is -12.6. The molecule has 2 rings (SSSR count). The number of carbonyl (C=O) groups excluding carboxylic acids is 2. The molecule has 0 radical (unpaired) electrons. The number of carbonyl (C=O) groups is 4. The molecule has 2 aliphatic heterocycles. The van der Waals surface area contributed by atoms with Crippen LogP contribution >= 0.6 is 0 Å². The Morgan fingerprint density at radius 3 is 1.76 bits per heavy atom. The summed E-state index contributed by atoms with van der Waals surface area (Å²) in [4.78, 5) is 44.9. The van der Waals surface area contributed by atoms with E-state index in [1.807, 2.05) is 0 Å². The summed E-state index contributed by atoms with van der Waals surface area (Å²) in [5.74, 6) is -3.90. The third-order valence-electron chi connectivity index (χ3n) is 5.44. The van der Waals surface area contributed by atoms with Crippen LogP contribution in [0.4, 0.5) is 0 Å². The SMILES string of the molecule is CC(=O)N[C@@H]1[C@@H](O)[C@H](O[C@@H]2O[C@H](COCC(=O)O)[C@@H](O)[C@H](O)[C@H]2NC(C)=O)[C@@H](COCC(=O)O)O[C@H]1O. The highest BCUT2D eigenvalue weighted by Crippen LogP contribution is 2.29. The van der Waals surface area contributed by atoms with Crippen LogP contribution in [0.3, 0.4) is 0 Å². The summed E-state index contributed by atoms with van der Waals surface area (Å²) in [6, 6.07) is -2.83. The maximum atomic E-state index is 11.7. The fourth-order valence-corrected chi connectivity index (χ4v) is 3.88. The molecule has 212 valence electrons. The van der Waals surface area contributed by atoms with E-state index < -0.39 is 111 Å². The molecule has 2 aliphatic rings. The summed E-state index contributed by atoms with van der Waals surface area (Å²) in [6.45, 7) is -0.268. The fraction of sp³-hybridized carbons (Fsp3) is 0.800. The van der Waals surface area contributed by atoms with Gasteiger partial charge in [-0.1, -0.05) is 0 Å². The Morgan fingerprint density at radius 1 is 0.730 bits per heavy atom. The molecule has 2 saturated heterocycles. The number of hydrogen-bond acceptors (Lipinski definition) is 13. The molecule has 2 amide bonds. The molecule has 37 heavy (non-hydrogen) atoms. The van der Waals surface area contributed by atoms with Gasteiger partial charge in [0.1, 0.15) is 61.9 Å². The predicted octanol–water partition coefficient (Wildman–Crippen LogP) is -4.89. The molecule has 0 aromatic rings. The second-order valence-corrected chi connectivity index (χ2v) is 8.45. The Balaban J connectivity index is 2.30. The van der Waals surface area contributed by atoms with Gasteiger partial charge in [0.25, 0.3) is 0 Å². The molecule has 2 heterocycles. The number of hydrogen-bond donors (Lipinski definition) is 8. The van der Waals surface area contributed by atoms with Crippen molar-refractivity contribution in [1.29, 1.82) is 0 Å². The Bertz CT molecular complexity index is 813. The maximum Gasteiger partial charge on any atom is 0.329 e. The second-order valence-electron chi connectivity index (χ2n) is 8.45. The van der Waals surface area contributed by atoms with Gasteiger partial charge in [-0.15, -0.1) is 0 Å². The fourth-order valence-electron chi connectivity index (χ4n) is 3.88. The van der Waals surface area contributed by atoms with Crippen LogP contribution in [0.1, 0.15) is 13.8 Å². The zero-order valence-corrected chi connectivity index (χ0v) is 20.0. The van der Waals surface area contributed by atoms with E-state index in [4.69, 9.17) is 33.9 Å². The van der Waals surface area contributed by atoms with Crippen LogP contribution in [0.2, 0.25) is 0 Å². The zero-order valence-electron chi connectivity index (χ0n) is 20.0. The molecule has 2 fully saturated rings. The number of aliphatic hydroxyl groups excluding tert-OH is 4. The molecule has 0 aromatic heterocycles. The average molecular weight is 540 g/mol. The molecule has 0 aliphatic carbocycles. The predicted molar refractivity (Wildman–Crippen MR) is 115 cm³/mol. The quantitative estimate of drug-likeness (QED) is 0.115. The lowest BCUT2D eigenvalue weighted by Gasteiger charge is -2.47. The van der Waals surface area contributed by atoms with Gasteiger partial charge in [0.05, 0.1) is 13.2 Å². The smallest absolute Gasteiger partial charge is 0.329 e. The third-order valence-corrected chi connectivity index (χ3v) is 5.44. The third kappa shape index (κ3) is 8.80. The van der Waals surface area contributed by atoms with Gasteiger partial charge in [0.2, 0.25) is 11.8 Å². The van der Waals surface area contributed by atoms with Gasteiger partial charge >= 0.3 is 11.9 Å². The minimum atomic E-state index is -1.75. The van der Waals surface area contributed by atoms with Crippen molar-refractivity contribution in [3.8, 4) is 0 Å². The highest BCUT2D eigenvalue weighted by atomic mass is 16.7. The van der Waals surface area contributed by atoms with Crippen LogP contribution in [-0.4, -0.2) is 142 Å². The first-order valence-electron chi connectivity index (χ1n) is 11.1. The molecule has 0 saturated carbocycles. The molecule has 10 atom stereocenters. The molecule has 8 N–H and O–H groups in total. The van der Waals surface area contributed by atoms with Gasteiger partial charge in [-0.3, -0.25) is 9.59 Å². The van der Waals surface area contributed by atoms with Crippen molar-refractivity contribution < 1.29 is 73.5 Å². The largest absolute Gasteiger partial charge is 0.480 e. The van der Waals surface area contributed by atoms with E-state index in [1.165, 1.54) is 0 Å². The molecule has 0 spiro atoms. The number of carboxylic acid groups (broad SMARTS) is 2. The first kappa shape index (κ1) is 30.7. The number of rotatable bonds is 12. The molecular weight excluding hydrogens is 508 g/mol. The van der Waals surface area contributed by atoms with Gasteiger partial charge in [0, 0.05) is 13.8 Å². The van der Waals surface area contributed by atoms with Gasteiger partial charge < -0.3 is 65.0 Å². The van der Waals surface area contributed by atoms with Crippen LogP contribution in [0.15, 0.2) is 0 Å². The van der Waals surface area contributed by atoms with E-state index in [2.05, 4.69) is 10.6 Å². The minimum Gasteiger partial charge on any atom is -0.480 e. The lowest BCUT2D eigenvalue weighted by atomic mass is 9.94. The van der Waals surface area contributed by atoms with Crippen LogP contribution in [0, 0.1) is 0 Å². The van der Waals surface area contributed by atoms with Crippen molar-refractivity contribution in [2.24, 2.45) is 0 Å². The molecule has 17 heteroatoms. The Labute approximate surface area is 210 Å². The van der Waals surface area contributed by atoms with Gasteiger partial charge in [-0.25, -0.2) is 9.59 Å². The summed E-state index contributed by atoms with van der Waals surface area (Å²) in [5.41, 5.74) is 0. The number of nitrogens with one attached hydrogen (secondary N) is 2. The van der Waals surface area contributed by atoms with Gasteiger partial charge in [-0.05, 0) is 0 Å². The Hall–Kier alpha value is -2.48. The van der Waals surface area contributed by atoms with Gasteiger partial charge in [-0.2, -0.15) is 0 Å². The van der Waals surface area contributed by atoms with E-state index >= 15 is 0 Å². The number of carboxylic acids is 2. The first-order valence-corrected chi connectivity index (χ1v) is 11.1. The summed E-state index contributed by atoms with van der Waals surface area (Å²) < 4.78 is 26.8. The van der Waals surface area contributed by atoms with E-state index in [9.17, 15) is 39.6 Å². The maximum absolute atomic E-state index is 11.7. The highest BCUT2D eigenvalue weighted by molar-refractivity contribution is 5.73.